The van der Waals surface area contributed by atoms with Crippen molar-refractivity contribution in [3.8, 4) is 0 Å². The first-order valence-electron chi connectivity index (χ1n) is 4.37. The number of nitrogens with zero attached hydrogens (tertiary/aromatic N) is 1. The Labute approximate surface area is 69.2 Å². The average molecular weight is 151 g/mol. The van der Waals surface area contributed by atoms with Crippen molar-refractivity contribution in [2.75, 3.05) is 6.54 Å². The van der Waals surface area contributed by atoms with Crippen molar-refractivity contribution in [3.63, 3.8) is 0 Å². The van der Waals surface area contributed by atoms with Crippen molar-refractivity contribution < 1.29 is 0 Å². The third-order valence-corrected chi connectivity index (χ3v) is 2.73. The van der Waals surface area contributed by atoms with Crippen LogP contribution in [0.25, 0.3) is 0 Å². The fourth-order valence-electron chi connectivity index (χ4n) is 1.39. The quantitative estimate of drug-likeness (QED) is 0.538. The fraction of sp³-hybridized carbons (Fsp3) is 0.700. The molecule has 0 spiro atoms. The first kappa shape index (κ1) is 8.51. The van der Waals surface area contributed by atoms with E-state index in [-0.39, 0.29) is 5.41 Å². The van der Waals surface area contributed by atoms with E-state index in [9.17, 15) is 0 Å². The molecule has 1 aliphatic heterocycles. The van der Waals surface area contributed by atoms with Gasteiger partial charge in [0, 0.05) is 11.6 Å². The molecule has 1 heterocycles. The lowest BCUT2D eigenvalue weighted by Crippen LogP contribution is -2.26. The predicted molar refractivity (Wildman–Crippen MR) is 50.1 cm³/mol. The molecule has 0 saturated carbocycles. The third kappa shape index (κ3) is 1.70. The average Bonchev–Trinajstić information content (AvgIpc) is 2.04. The molecule has 1 aliphatic rings. The van der Waals surface area contributed by atoms with Crippen LogP contribution in [0.15, 0.2) is 17.1 Å². The van der Waals surface area contributed by atoms with Crippen LogP contribution in [0.1, 0.15) is 27.2 Å². The van der Waals surface area contributed by atoms with Crippen LogP contribution >= 0.6 is 0 Å². The van der Waals surface area contributed by atoms with Crippen LogP contribution < -0.4 is 0 Å². The predicted octanol–water partition coefficient (Wildman–Crippen LogP) is 2.68. The summed E-state index contributed by atoms with van der Waals surface area (Å²) in [6, 6.07) is 0. The molecule has 1 nitrogen and oxygen atoms in total. The van der Waals surface area contributed by atoms with Gasteiger partial charge in [-0.2, -0.15) is 0 Å². The molecule has 0 amide bonds. The summed E-state index contributed by atoms with van der Waals surface area (Å²) in [6.07, 6.45) is 7.76. The molecule has 2 unspecified atom stereocenters. The number of rotatable bonds is 2. The monoisotopic (exact) mass is 151 g/mol. The number of allylic oxidation sites excluding steroid dienone is 1. The number of dihydropyridines is 1. The SMILES string of the molecule is CCC(C)C1(C)C=CCN=C1. The first-order chi connectivity index (χ1) is 5.19. The Morgan fingerprint density at radius 2 is 2.36 bits per heavy atom. The van der Waals surface area contributed by atoms with Gasteiger partial charge in [0.05, 0.1) is 6.54 Å². The lowest BCUT2D eigenvalue weighted by Gasteiger charge is -2.29. The lowest BCUT2D eigenvalue weighted by atomic mass is 9.77. The Balaban J connectivity index is 2.71. The fourth-order valence-corrected chi connectivity index (χ4v) is 1.39. The van der Waals surface area contributed by atoms with E-state index >= 15 is 0 Å². The van der Waals surface area contributed by atoms with E-state index in [0.29, 0.717) is 5.92 Å². The summed E-state index contributed by atoms with van der Waals surface area (Å²) in [5.41, 5.74) is 0.215. The number of hydrogen-bond donors (Lipinski definition) is 0. The molecule has 0 fully saturated rings. The molecule has 0 aliphatic carbocycles. The molecule has 0 saturated heterocycles. The molecule has 0 aromatic carbocycles. The maximum absolute atomic E-state index is 4.29. The maximum Gasteiger partial charge on any atom is 0.0567 e. The van der Waals surface area contributed by atoms with Gasteiger partial charge in [-0.05, 0) is 5.92 Å². The van der Waals surface area contributed by atoms with Crippen LogP contribution in [-0.2, 0) is 0 Å². The van der Waals surface area contributed by atoms with Gasteiger partial charge < -0.3 is 0 Å². The van der Waals surface area contributed by atoms with E-state index in [1.807, 2.05) is 0 Å². The second kappa shape index (κ2) is 3.21. The van der Waals surface area contributed by atoms with E-state index in [4.69, 9.17) is 0 Å². The molecule has 62 valence electrons. The summed E-state index contributed by atoms with van der Waals surface area (Å²) in [7, 11) is 0. The highest BCUT2D eigenvalue weighted by atomic mass is 14.7. The zero-order chi connectivity index (χ0) is 8.32. The highest BCUT2D eigenvalue weighted by Crippen LogP contribution is 2.30. The molecule has 0 aromatic rings. The molecule has 11 heavy (non-hydrogen) atoms. The van der Waals surface area contributed by atoms with Gasteiger partial charge >= 0.3 is 0 Å². The van der Waals surface area contributed by atoms with E-state index in [1.165, 1.54) is 6.42 Å². The van der Waals surface area contributed by atoms with E-state index < -0.39 is 0 Å². The standard InChI is InChI=1S/C10H17N/c1-4-9(2)10(3)6-5-7-11-8-10/h5-6,8-9H,4,7H2,1-3H3. The zero-order valence-corrected chi connectivity index (χ0v) is 7.67. The Bertz CT molecular complexity index is 167. The molecular weight excluding hydrogens is 134 g/mol. The van der Waals surface area contributed by atoms with E-state index in [0.717, 1.165) is 6.54 Å². The summed E-state index contributed by atoms with van der Waals surface area (Å²) in [4.78, 5) is 4.29. The third-order valence-electron chi connectivity index (χ3n) is 2.73. The molecule has 0 radical (unpaired) electrons. The maximum atomic E-state index is 4.29. The molecule has 2 atom stereocenters. The Morgan fingerprint density at radius 3 is 2.82 bits per heavy atom. The van der Waals surface area contributed by atoms with Crippen LogP contribution in [0, 0.1) is 11.3 Å². The minimum absolute atomic E-state index is 0.215. The number of hydrogen-bond acceptors (Lipinski definition) is 1. The molecule has 0 bridgehead atoms. The highest BCUT2D eigenvalue weighted by Gasteiger charge is 2.25. The Morgan fingerprint density at radius 1 is 1.64 bits per heavy atom. The van der Waals surface area contributed by atoms with Gasteiger partial charge in [-0.3, -0.25) is 4.99 Å². The van der Waals surface area contributed by atoms with Crippen molar-refractivity contribution in [2.45, 2.75) is 27.2 Å². The number of aliphatic imine (C=N–C) groups is 1. The van der Waals surface area contributed by atoms with Crippen molar-refractivity contribution in [1.82, 2.24) is 0 Å². The van der Waals surface area contributed by atoms with Crippen LogP contribution in [0.4, 0.5) is 0 Å². The Hall–Kier alpha value is -0.590. The van der Waals surface area contributed by atoms with Crippen molar-refractivity contribution in [2.24, 2.45) is 16.3 Å². The topological polar surface area (TPSA) is 12.4 Å². The van der Waals surface area contributed by atoms with Gasteiger partial charge in [-0.1, -0.05) is 39.3 Å². The lowest BCUT2D eigenvalue weighted by molar-refractivity contribution is 0.374. The van der Waals surface area contributed by atoms with Gasteiger partial charge in [0.25, 0.3) is 0 Å². The first-order valence-corrected chi connectivity index (χ1v) is 4.37. The van der Waals surface area contributed by atoms with E-state index in [1.54, 1.807) is 0 Å². The summed E-state index contributed by atoms with van der Waals surface area (Å²) < 4.78 is 0. The molecule has 1 rings (SSSR count). The van der Waals surface area contributed by atoms with E-state index in [2.05, 4.69) is 44.1 Å². The van der Waals surface area contributed by atoms with Gasteiger partial charge in [0.15, 0.2) is 0 Å². The highest BCUT2D eigenvalue weighted by molar-refractivity contribution is 5.69. The Kier molecular flexibility index (Phi) is 2.48. The van der Waals surface area contributed by atoms with Crippen LogP contribution in [0.5, 0.6) is 0 Å². The largest absolute Gasteiger partial charge is 0.292 e. The van der Waals surface area contributed by atoms with Crippen LogP contribution in [-0.4, -0.2) is 12.8 Å². The molecule has 0 N–H and O–H groups in total. The summed E-state index contributed by atoms with van der Waals surface area (Å²) >= 11 is 0. The molecular formula is C10H17N. The second-order valence-corrected chi connectivity index (χ2v) is 3.57. The molecule has 1 heteroatoms. The van der Waals surface area contributed by atoms with Crippen molar-refractivity contribution >= 4 is 6.21 Å². The van der Waals surface area contributed by atoms with Gasteiger partial charge in [-0.25, -0.2) is 0 Å². The van der Waals surface area contributed by atoms with Gasteiger partial charge in [0.2, 0.25) is 0 Å². The van der Waals surface area contributed by atoms with Crippen LogP contribution in [0.3, 0.4) is 0 Å². The minimum Gasteiger partial charge on any atom is -0.292 e. The minimum atomic E-state index is 0.215. The summed E-state index contributed by atoms with van der Waals surface area (Å²) in [5.74, 6) is 0.697. The smallest absolute Gasteiger partial charge is 0.0567 e. The zero-order valence-electron chi connectivity index (χ0n) is 7.67. The summed E-state index contributed by atoms with van der Waals surface area (Å²) in [5, 5.41) is 0. The summed E-state index contributed by atoms with van der Waals surface area (Å²) in [6.45, 7) is 7.63. The normalized spacial score (nSPS) is 32.3. The van der Waals surface area contributed by atoms with Crippen LogP contribution in [0.2, 0.25) is 0 Å². The molecule has 0 aromatic heterocycles. The van der Waals surface area contributed by atoms with Gasteiger partial charge in [0.1, 0.15) is 0 Å². The van der Waals surface area contributed by atoms with Gasteiger partial charge in [-0.15, -0.1) is 0 Å². The van der Waals surface area contributed by atoms with Crippen molar-refractivity contribution in [1.29, 1.82) is 0 Å². The van der Waals surface area contributed by atoms with Crippen molar-refractivity contribution in [3.05, 3.63) is 12.2 Å². The second-order valence-electron chi connectivity index (χ2n) is 3.57.